The van der Waals surface area contributed by atoms with Crippen LogP contribution in [0.25, 0.3) is 0 Å². The molecule has 1 N–H and O–H groups in total. The molecule has 0 aliphatic carbocycles. The molecular formula is C15H19N3O. The summed E-state index contributed by atoms with van der Waals surface area (Å²) in [6.45, 7) is 5.19. The van der Waals surface area contributed by atoms with Crippen LogP contribution in [0.1, 0.15) is 23.2 Å². The number of nitrogens with one attached hydrogen (secondary N) is 1. The van der Waals surface area contributed by atoms with Crippen molar-refractivity contribution in [1.82, 2.24) is 15.1 Å². The van der Waals surface area contributed by atoms with Gasteiger partial charge in [-0.3, -0.25) is 9.48 Å². The van der Waals surface area contributed by atoms with Crippen LogP contribution in [0, 0.1) is 13.8 Å². The number of aryl methyl sites for hydroxylation is 3. The number of benzene rings is 1. The zero-order valence-corrected chi connectivity index (χ0v) is 11.4. The summed E-state index contributed by atoms with van der Waals surface area (Å²) in [6, 6.07) is 10.0. The van der Waals surface area contributed by atoms with Gasteiger partial charge in [0.15, 0.2) is 0 Å². The molecule has 1 amide bonds. The molecule has 0 aliphatic rings. The monoisotopic (exact) mass is 257 g/mol. The van der Waals surface area contributed by atoms with Gasteiger partial charge < -0.3 is 5.32 Å². The molecule has 0 atom stereocenters. The van der Waals surface area contributed by atoms with Crippen LogP contribution < -0.4 is 5.32 Å². The topological polar surface area (TPSA) is 46.9 Å². The number of hydrogen-bond donors (Lipinski definition) is 1. The Morgan fingerprint density at radius 3 is 2.74 bits per heavy atom. The lowest BCUT2D eigenvalue weighted by Gasteiger charge is -2.08. The van der Waals surface area contributed by atoms with Crippen LogP contribution in [0.5, 0.6) is 0 Å². The highest BCUT2D eigenvalue weighted by atomic mass is 16.1. The van der Waals surface area contributed by atoms with Gasteiger partial charge in [-0.25, -0.2) is 0 Å². The van der Waals surface area contributed by atoms with E-state index in [0.717, 1.165) is 11.3 Å². The van der Waals surface area contributed by atoms with E-state index in [1.165, 1.54) is 5.56 Å². The van der Waals surface area contributed by atoms with Crippen molar-refractivity contribution in [2.75, 3.05) is 0 Å². The molecule has 19 heavy (non-hydrogen) atoms. The first-order valence-corrected chi connectivity index (χ1v) is 6.46. The molecule has 0 fully saturated rings. The molecular weight excluding hydrogens is 238 g/mol. The highest BCUT2D eigenvalue weighted by molar-refractivity contribution is 5.75. The molecule has 1 aromatic heterocycles. The first-order chi connectivity index (χ1) is 9.15. The molecule has 2 rings (SSSR count). The van der Waals surface area contributed by atoms with Gasteiger partial charge in [0.1, 0.15) is 0 Å². The molecule has 0 saturated heterocycles. The Bertz CT molecular complexity index is 560. The zero-order chi connectivity index (χ0) is 13.7. The van der Waals surface area contributed by atoms with E-state index in [9.17, 15) is 4.79 Å². The summed E-state index contributed by atoms with van der Waals surface area (Å²) in [5.41, 5.74) is 3.33. The third-order valence-corrected chi connectivity index (χ3v) is 3.08. The van der Waals surface area contributed by atoms with Gasteiger partial charge in [-0.2, -0.15) is 5.10 Å². The van der Waals surface area contributed by atoms with Gasteiger partial charge in [-0.1, -0.05) is 24.3 Å². The van der Waals surface area contributed by atoms with E-state index < -0.39 is 0 Å². The third kappa shape index (κ3) is 3.95. The average Bonchev–Trinajstić information content (AvgIpc) is 2.81. The third-order valence-electron chi connectivity index (χ3n) is 3.08. The number of rotatable bonds is 5. The summed E-state index contributed by atoms with van der Waals surface area (Å²) in [4.78, 5) is 11.8. The standard InChI is InChI=1S/C15H19N3O/c1-12-5-3-4-6-14(12)11-16-15(19)8-10-18-9-7-13(2)17-18/h3-7,9H,8,10-11H2,1-2H3,(H,16,19). The van der Waals surface area contributed by atoms with E-state index in [4.69, 9.17) is 0 Å². The number of nitrogens with zero attached hydrogens (tertiary/aromatic N) is 2. The maximum atomic E-state index is 11.8. The zero-order valence-electron chi connectivity index (χ0n) is 11.4. The fourth-order valence-electron chi connectivity index (χ4n) is 1.89. The van der Waals surface area contributed by atoms with E-state index in [1.807, 2.05) is 50.4 Å². The van der Waals surface area contributed by atoms with E-state index in [0.29, 0.717) is 19.5 Å². The molecule has 0 bridgehead atoms. The van der Waals surface area contributed by atoms with E-state index in [1.54, 1.807) is 4.68 Å². The van der Waals surface area contributed by atoms with Crippen molar-refractivity contribution in [2.45, 2.75) is 33.4 Å². The smallest absolute Gasteiger partial charge is 0.222 e. The van der Waals surface area contributed by atoms with Crippen LogP contribution >= 0.6 is 0 Å². The van der Waals surface area contributed by atoms with E-state index in [2.05, 4.69) is 10.4 Å². The molecule has 4 nitrogen and oxygen atoms in total. The summed E-state index contributed by atoms with van der Waals surface area (Å²) >= 11 is 0. The Hall–Kier alpha value is -2.10. The van der Waals surface area contributed by atoms with Crippen LogP contribution in [0.15, 0.2) is 36.5 Å². The van der Waals surface area contributed by atoms with Crippen molar-refractivity contribution in [2.24, 2.45) is 0 Å². The minimum absolute atomic E-state index is 0.0522. The highest BCUT2D eigenvalue weighted by Crippen LogP contribution is 2.06. The van der Waals surface area contributed by atoms with Crippen molar-refractivity contribution in [3.05, 3.63) is 53.3 Å². The Morgan fingerprint density at radius 2 is 2.05 bits per heavy atom. The first-order valence-electron chi connectivity index (χ1n) is 6.46. The molecule has 4 heteroatoms. The minimum atomic E-state index is 0.0522. The largest absolute Gasteiger partial charge is 0.352 e. The summed E-state index contributed by atoms with van der Waals surface area (Å²) in [6.07, 6.45) is 2.34. The molecule has 2 aromatic rings. The fraction of sp³-hybridized carbons (Fsp3) is 0.333. The average molecular weight is 257 g/mol. The lowest BCUT2D eigenvalue weighted by Crippen LogP contribution is -2.24. The molecule has 0 spiro atoms. The quantitative estimate of drug-likeness (QED) is 0.892. The number of carbonyl (C=O) groups is 1. The Labute approximate surface area is 113 Å². The summed E-state index contributed by atoms with van der Waals surface area (Å²) in [7, 11) is 0. The van der Waals surface area contributed by atoms with Crippen molar-refractivity contribution >= 4 is 5.91 Å². The molecule has 1 heterocycles. The van der Waals surface area contributed by atoms with Gasteiger partial charge in [0.25, 0.3) is 0 Å². The molecule has 0 radical (unpaired) electrons. The SMILES string of the molecule is Cc1ccn(CCC(=O)NCc2ccccc2C)n1. The summed E-state index contributed by atoms with van der Waals surface area (Å²) < 4.78 is 1.79. The van der Waals surface area contributed by atoms with Crippen LogP contribution in [-0.2, 0) is 17.9 Å². The number of hydrogen-bond acceptors (Lipinski definition) is 2. The van der Waals surface area contributed by atoms with Gasteiger partial charge in [-0.15, -0.1) is 0 Å². The summed E-state index contributed by atoms with van der Waals surface area (Å²) in [5.74, 6) is 0.0522. The second-order valence-electron chi connectivity index (χ2n) is 4.67. The number of aromatic nitrogens is 2. The lowest BCUT2D eigenvalue weighted by molar-refractivity contribution is -0.121. The fourth-order valence-corrected chi connectivity index (χ4v) is 1.89. The molecule has 1 aromatic carbocycles. The Kier molecular flexibility index (Phi) is 4.34. The van der Waals surface area contributed by atoms with Crippen LogP contribution in [-0.4, -0.2) is 15.7 Å². The molecule has 0 unspecified atom stereocenters. The van der Waals surface area contributed by atoms with Gasteiger partial charge in [0.05, 0.1) is 5.69 Å². The summed E-state index contributed by atoms with van der Waals surface area (Å²) in [5, 5.41) is 7.19. The van der Waals surface area contributed by atoms with Crippen molar-refractivity contribution in [1.29, 1.82) is 0 Å². The number of carbonyl (C=O) groups excluding carboxylic acids is 1. The second-order valence-corrected chi connectivity index (χ2v) is 4.67. The van der Waals surface area contributed by atoms with Crippen molar-refractivity contribution in [3.8, 4) is 0 Å². The van der Waals surface area contributed by atoms with Crippen LogP contribution in [0.2, 0.25) is 0 Å². The van der Waals surface area contributed by atoms with Crippen LogP contribution in [0.4, 0.5) is 0 Å². The first kappa shape index (κ1) is 13.3. The maximum absolute atomic E-state index is 11.8. The predicted molar refractivity (Wildman–Crippen MR) is 74.6 cm³/mol. The molecule has 100 valence electrons. The molecule has 0 aliphatic heterocycles. The van der Waals surface area contributed by atoms with Gasteiger partial charge in [0.2, 0.25) is 5.91 Å². The van der Waals surface area contributed by atoms with Crippen molar-refractivity contribution in [3.63, 3.8) is 0 Å². The highest BCUT2D eigenvalue weighted by Gasteiger charge is 2.03. The van der Waals surface area contributed by atoms with Crippen molar-refractivity contribution < 1.29 is 4.79 Å². The number of amides is 1. The minimum Gasteiger partial charge on any atom is -0.352 e. The predicted octanol–water partition coefficient (Wildman–Crippen LogP) is 2.21. The van der Waals surface area contributed by atoms with Gasteiger partial charge >= 0.3 is 0 Å². The van der Waals surface area contributed by atoms with Crippen LogP contribution in [0.3, 0.4) is 0 Å². The van der Waals surface area contributed by atoms with Gasteiger partial charge in [0, 0.05) is 25.7 Å². The van der Waals surface area contributed by atoms with E-state index >= 15 is 0 Å². The maximum Gasteiger partial charge on any atom is 0.222 e. The van der Waals surface area contributed by atoms with Gasteiger partial charge in [-0.05, 0) is 31.0 Å². The second kappa shape index (κ2) is 6.18. The lowest BCUT2D eigenvalue weighted by atomic mass is 10.1. The molecule has 0 saturated carbocycles. The Balaban J connectivity index is 1.77. The van der Waals surface area contributed by atoms with E-state index in [-0.39, 0.29) is 5.91 Å². The Morgan fingerprint density at radius 1 is 1.26 bits per heavy atom. The normalized spacial score (nSPS) is 10.4.